The number of nitrogens with zero attached hydrogens (tertiary/aromatic N) is 3. The van der Waals surface area contributed by atoms with Crippen LogP contribution < -0.4 is 0 Å². The van der Waals surface area contributed by atoms with Crippen molar-refractivity contribution in [1.82, 2.24) is 9.55 Å². The zero-order chi connectivity index (χ0) is 17.8. The Morgan fingerprint density at radius 1 is 1.19 bits per heavy atom. The summed E-state index contributed by atoms with van der Waals surface area (Å²) in [5.74, 6) is 0.781. The molecule has 0 radical (unpaired) electrons. The normalized spacial score (nSPS) is 14.7. The zero-order valence-electron chi connectivity index (χ0n) is 14.4. The van der Waals surface area contributed by atoms with Gasteiger partial charge < -0.3 is 4.57 Å². The van der Waals surface area contributed by atoms with Gasteiger partial charge in [0.15, 0.2) is 0 Å². The van der Waals surface area contributed by atoms with Crippen LogP contribution in [0.2, 0.25) is 5.02 Å². The molecule has 0 saturated heterocycles. The Morgan fingerprint density at radius 3 is 2.96 bits per heavy atom. The van der Waals surface area contributed by atoms with Gasteiger partial charge >= 0.3 is 0 Å². The molecule has 0 bridgehead atoms. The van der Waals surface area contributed by atoms with E-state index >= 15 is 0 Å². The molecule has 130 valence electrons. The van der Waals surface area contributed by atoms with Crippen LogP contribution in [-0.2, 0) is 19.5 Å². The van der Waals surface area contributed by atoms with Gasteiger partial charge in [0.1, 0.15) is 11.6 Å². The van der Waals surface area contributed by atoms with Crippen molar-refractivity contribution < 1.29 is 4.39 Å². The molecule has 3 heterocycles. The first-order valence-corrected chi connectivity index (χ1v) is 9.19. The number of hydrogen-bond donors (Lipinski definition) is 0. The predicted octanol–water partition coefficient (Wildman–Crippen LogP) is 5.20. The van der Waals surface area contributed by atoms with Gasteiger partial charge in [-0.3, -0.25) is 4.99 Å². The number of aliphatic imine (C=N–C) groups is 1. The molecule has 2 aliphatic rings. The second-order valence-corrected chi connectivity index (χ2v) is 7.28. The molecule has 5 rings (SSSR count). The van der Waals surface area contributed by atoms with Gasteiger partial charge in [0.05, 0.1) is 23.0 Å². The van der Waals surface area contributed by atoms with E-state index in [2.05, 4.69) is 27.8 Å². The topological polar surface area (TPSA) is 30.2 Å². The van der Waals surface area contributed by atoms with E-state index in [0.29, 0.717) is 10.6 Å². The van der Waals surface area contributed by atoms with Gasteiger partial charge in [0, 0.05) is 35.9 Å². The summed E-state index contributed by atoms with van der Waals surface area (Å²) in [7, 11) is 0. The lowest BCUT2D eigenvalue weighted by molar-refractivity contribution is 0.619. The smallest absolute Gasteiger partial charge is 0.127 e. The van der Waals surface area contributed by atoms with Crippen molar-refractivity contribution in [3.63, 3.8) is 0 Å². The molecule has 0 fully saturated rings. The highest BCUT2D eigenvalue weighted by atomic mass is 35.5. The molecular formula is C21H17ClFN3. The summed E-state index contributed by atoms with van der Waals surface area (Å²) in [6.07, 6.45) is 3.98. The van der Waals surface area contributed by atoms with E-state index in [4.69, 9.17) is 16.6 Å². The minimum Gasteiger partial charge on any atom is -0.327 e. The number of fused-ring (bicyclic) bond motifs is 2. The quantitative estimate of drug-likeness (QED) is 0.614. The Bertz CT molecular complexity index is 1080. The Balaban J connectivity index is 1.76. The average Bonchev–Trinajstić information content (AvgIpc) is 3.34. The number of hydrogen-bond acceptors (Lipinski definition) is 2. The molecule has 2 aliphatic heterocycles. The third kappa shape index (κ3) is 2.25. The lowest BCUT2D eigenvalue weighted by Crippen LogP contribution is -1.98. The monoisotopic (exact) mass is 365 g/mol. The van der Waals surface area contributed by atoms with Crippen molar-refractivity contribution in [1.29, 1.82) is 0 Å². The number of halogens is 2. The molecule has 0 aliphatic carbocycles. The van der Waals surface area contributed by atoms with E-state index in [-0.39, 0.29) is 5.82 Å². The predicted molar refractivity (Wildman–Crippen MR) is 102 cm³/mol. The third-order valence-corrected chi connectivity index (χ3v) is 5.80. The molecule has 3 nitrogen and oxygen atoms in total. The van der Waals surface area contributed by atoms with Gasteiger partial charge in [-0.2, -0.15) is 0 Å². The summed E-state index contributed by atoms with van der Waals surface area (Å²) < 4.78 is 16.2. The van der Waals surface area contributed by atoms with Gasteiger partial charge in [-0.1, -0.05) is 23.7 Å². The summed E-state index contributed by atoms with van der Waals surface area (Å²) in [6.45, 7) is 3.40. The Labute approximate surface area is 156 Å². The van der Waals surface area contributed by atoms with Crippen molar-refractivity contribution in [3.05, 3.63) is 63.7 Å². The number of rotatable bonds is 2. The van der Waals surface area contributed by atoms with Crippen LogP contribution in [0, 0.1) is 12.7 Å². The van der Waals surface area contributed by atoms with Gasteiger partial charge in [-0.15, -0.1) is 0 Å². The molecule has 0 saturated carbocycles. The molecule has 3 aromatic rings. The van der Waals surface area contributed by atoms with E-state index in [0.717, 1.165) is 59.8 Å². The summed E-state index contributed by atoms with van der Waals surface area (Å²) in [4.78, 5) is 9.24. The van der Waals surface area contributed by atoms with Gasteiger partial charge in [-0.05, 0) is 42.7 Å². The highest BCUT2D eigenvalue weighted by Crippen LogP contribution is 2.40. The first-order chi connectivity index (χ1) is 12.6. The third-order valence-electron chi connectivity index (χ3n) is 5.32. The van der Waals surface area contributed by atoms with E-state index in [1.54, 1.807) is 13.0 Å². The Hall–Kier alpha value is -2.46. The van der Waals surface area contributed by atoms with Crippen LogP contribution in [-0.4, -0.2) is 15.8 Å². The van der Waals surface area contributed by atoms with Crippen LogP contribution in [0.25, 0.3) is 22.5 Å². The molecular weight excluding hydrogens is 349 g/mol. The highest BCUT2D eigenvalue weighted by molar-refractivity contribution is 6.34. The maximum Gasteiger partial charge on any atom is 0.127 e. The second kappa shape index (κ2) is 5.78. The van der Waals surface area contributed by atoms with Crippen LogP contribution >= 0.6 is 11.6 Å². The maximum atomic E-state index is 13.9. The van der Waals surface area contributed by atoms with Crippen LogP contribution in [0.1, 0.15) is 28.9 Å². The van der Waals surface area contributed by atoms with Crippen LogP contribution in [0.5, 0.6) is 0 Å². The fraction of sp³-hybridized carbons (Fsp3) is 0.238. The lowest BCUT2D eigenvalue weighted by atomic mass is 9.99. The van der Waals surface area contributed by atoms with Crippen molar-refractivity contribution >= 4 is 17.8 Å². The molecule has 0 spiro atoms. The highest BCUT2D eigenvalue weighted by Gasteiger charge is 2.25. The van der Waals surface area contributed by atoms with Crippen LogP contribution in [0.15, 0.2) is 35.3 Å². The standard InChI is InChI=1S/C21H17ClFN3/c1-12-17(23)7-6-16(19(12)22)20-21(26-8-2-3-18(26)25-20)13-4-5-14-10-24-11-15(14)9-13/h4-7,9,11H,2-3,8,10H2,1H3. The molecule has 2 aromatic carbocycles. The van der Waals surface area contributed by atoms with Gasteiger partial charge in [0.2, 0.25) is 0 Å². The first kappa shape index (κ1) is 15.8. The molecule has 0 amide bonds. The molecule has 5 heteroatoms. The molecule has 26 heavy (non-hydrogen) atoms. The fourth-order valence-corrected chi connectivity index (χ4v) is 4.14. The maximum absolute atomic E-state index is 13.9. The van der Waals surface area contributed by atoms with E-state index in [9.17, 15) is 4.39 Å². The molecule has 0 N–H and O–H groups in total. The van der Waals surface area contributed by atoms with Crippen molar-refractivity contribution in [2.45, 2.75) is 32.9 Å². The van der Waals surface area contributed by atoms with Crippen LogP contribution in [0.3, 0.4) is 0 Å². The van der Waals surface area contributed by atoms with Crippen molar-refractivity contribution in [3.8, 4) is 22.5 Å². The van der Waals surface area contributed by atoms with Crippen molar-refractivity contribution in [2.75, 3.05) is 0 Å². The van der Waals surface area contributed by atoms with E-state index in [1.165, 1.54) is 11.6 Å². The Kier molecular flexibility index (Phi) is 3.50. The van der Waals surface area contributed by atoms with Crippen molar-refractivity contribution in [2.24, 2.45) is 4.99 Å². The van der Waals surface area contributed by atoms with E-state index in [1.807, 2.05) is 6.21 Å². The number of imidazole rings is 1. The summed E-state index contributed by atoms with van der Waals surface area (Å²) in [5.41, 5.74) is 6.65. The zero-order valence-corrected chi connectivity index (χ0v) is 15.1. The minimum absolute atomic E-state index is 0.291. The van der Waals surface area contributed by atoms with Gasteiger partial charge in [-0.25, -0.2) is 9.37 Å². The Morgan fingerprint density at radius 2 is 2.08 bits per heavy atom. The number of aryl methyl sites for hydroxylation is 1. The summed E-state index contributed by atoms with van der Waals surface area (Å²) in [5, 5.41) is 0.436. The first-order valence-electron chi connectivity index (χ1n) is 8.81. The number of aromatic nitrogens is 2. The lowest BCUT2D eigenvalue weighted by Gasteiger charge is -2.12. The minimum atomic E-state index is -0.291. The SMILES string of the molecule is Cc1c(F)ccc(-c2nc3n(c2-c2ccc4c(c2)C=NC4)CCC3)c1Cl. The molecule has 0 unspecified atom stereocenters. The largest absolute Gasteiger partial charge is 0.327 e. The van der Waals surface area contributed by atoms with E-state index < -0.39 is 0 Å². The van der Waals surface area contributed by atoms with Crippen LogP contribution in [0.4, 0.5) is 4.39 Å². The summed E-state index contributed by atoms with van der Waals surface area (Å²) >= 11 is 6.50. The molecule has 0 atom stereocenters. The average molecular weight is 366 g/mol. The second-order valence-electron chi connectivity index (χ2n) is 6.90. The molecule has 1 aromatic heterocycles. The fourth-order valence-electron chi connectivity index (χ4n) is 3.90. The van der Waals surface area contributed by atoms with Gasteiger partial charge in [0.25, 0.3) is 0 Å². The summed E-state index contributed by atoms with van der Waals surface area (Å²) in [6, 6.07) is 9.64. The number of benzene rings is 2.